The predicted molar refractivity (Wildman–Crippen MR) is 80.9 cm³/mol. The SMILES string of the molecule is Cn1cc([C@]2(C)NC(=O)N(CCc3ccc(F)c(F)c3)C2=O)cn1. The van der Waals surface area contributed by atoms with E-state index in [0.717, 1.165) is 17.0 Å². The molecule has 0 unspecified atom stereocenters. The standard InChI is InChI=1S/C16H16F2N4O2/c1-16(11-8-19-21(2)9-11)14(23)22(15(24)20-16)6-5-10-3-4-12(17)13(18)7-10/h3-4,7-9H,5-6H2,1-2H3,(H,20,24)/t16-/m0/s1. The second-order valence-electron chi connectivity index (χ2n) is 5.91. The van der Waals surface area contributed by atoms with Crippen LogP contribution in [0.5, 0.6) is 0 Å². The van der Waals surface area contributed by atoms with Gasteiger partial charge in [-0.3, -0.25) is 14.4 Å². The fourth-order valence-corrected chi connectivity index (χ4v) is 2.71. The van der Waals surface area contributed by atoms with Crippen molar-refractivity contribution in [2.75, 3.05) is 6.54 Å². The van der Waals surface area contributed by atoms with Crippen molar-refractivity contribution in [2.45, 2.75) is 18.9 Å². The summed E-state index contributed by atoms with van der Waals surface area (Å²) in [5.74, 6) is -2.29. The molecular formula is C16H16F2N4O2. The maximum Gasteiger partial charge on any atom is 0.325 e. The Bertz CT molecular complexity index is 820. The van der Waals surface area contributed by atoms with E-state index in [1.54, 1.807) is 24.9 Å². The first-order valence-electron chi connectivity index (χ1n) is 7.38. The van der Waals surface area contributed by atoms with Gasteiger partial charge in [0.2, 0.25) is 0 Å². The molecule has 0 radical (unpaired) electrons. The molecule has 2 heterocycles. The molecule has 0 saturated carbocycles. The number of amides is 3. The number of halogens is 2. The molecule has 24 heavy (non-hydrogen) atoms. The van der Waals surface area contributed by atoms with Crippen molar-refractivity contribution in [3.63, 3.8) is 0 Å². The molecule has 1 saturated heterocycles. The summed E-state index contributed by atoms with van der Waals surface area (Å²) in [5.41, 5.74) is -0.0949. The van der Waals surface area contributed by atoms with Crippen molar-refractivity contribution in [3.8, 4) is 0 Å². The van der Waals surface area contributed by atoms with Crippen LogP contribution in [0.15, 0.2) is 30.6 Å². The Balaban J connectivity index is 1.76. The van der Waals surface area contributed by atoms with Crippen LogP contribution in [0, 0.1) is 11.6 Å². The van der Waals surface area contributed by atoms with Gasteiger partial charge < -0.3 is 5.32 Å². The maximum absolute atomic E-state index is 13.2. The first kappa shape index (κ1) is 16.1. The van der Waals surface area contributed by atoms with Crippen LogP contribution >= 0.6 is 0 Å². The lowest BCUT2D eigenvalue weighted by atomic mass is 9.95. The third kappa shape index (κ3) is 2.64. The van der Waals surface area contributed by atoms with E-state index in [0.29, 0.717) is 11.1 Å². The van der Waals surface area contributed by atoms with Crippen molar-refractivity contribution >= 4 is 11.9 Å². The van der Waals surface area contributed by atoms with Crippen LogP contribution < -0.4 is 5.32 Å². The fraction of sp³-hybridized carbons (Fsp3) is 0.312. The summed E-state index contributed by atoms with van der Waals surface area (Å²) in [6.07, 6.45) is 3.42. The average molecular weight is 334 g/mol. The highest BCUT2D eigenvalue weighted by Crippen LogP contribution is 2.28. The Hall–Kier alpha value is -2.77. The number of aromatic nitrogens is 2. The molecule has 8 heteroatoms. The number of hydrogen-bond donors (Lipinski definition) is 1. The maximum atomic E-state index is 13.2. The van der Waals surface area contributed by atoms with Crippen LogP contribution in [0.4, 0.5) is 13.6 Å². The molecule has 1 aromatic heterocycles. The highest BCUT2D eigenvalue weighted by atomic mass is 19.2. The van der Waals surface area contributed by atoms with Gasteiger partial charge in [-0.1, -0.05) is 6.07 Å². The van der Waals surface area contributed by atoms with Crippen LogP contribution in [-0.2, 0) is 23.8 Å². The van der Waals surface area contributed by atoms with Crippen LogP contribution in [0.2, 0.25) is 0 Å². The molecular weight excluding hydrogens is 318 g/mol. The molecule has 1 aliphatic heterocycles. The molecule has 0 spiro atoms. The number of imide groups is 1. The van der Waals surface area contributed by atoms with Crippen LogP contribution in [-0.4, -0.2) is 33.2 Å². The lowest BCUT2D eigenvalue weighted by Crippen LogP contribution is -2.40. The lowest BCUT2D eigenvalue weighted by Gasteiger charge is -2.20. The summed E-state index contributed by atoms with van der Waals surface area (Å²) in [4.78, 5) is 25.9. The minimum atomic E-state index is -1.18. The van der Waals surface area contributed by atoms with Gasteiger partial charge >= 0.3 is 6.03 Å². The molecule has 1 aromatic carbocycles. The smallest absolute Gasteiger partial charge is 0.319 e. The van der Waals surface area contributed by atoms with Crippen molar-refractivity contribution in [1.82, 2.24) is 20.0 Å². The van der Waals surface area contributed by atoms with Gasteiger partial charge in [0, 0.05) is 25.4 Å². The Morgan fingerprint density at radius 2 is 2.00 bits per heavy atom. The van der Waals surface area contributed by atoms with E-state index in [9.17, 15) is 18.4 Å². The third-order valence-electron chi connectivity index (χ3n) is 4.17. The van der Waals surface area contributed by atoms with Gasteiger partial charge in [0.15, 0.2) is 11.6 Å². The number of hydrogen-bond acceptors (Lipinski definition) is 3. The van der Waals surface area contributed by atoms with Crippen molar-refractivity contribution in [2.24, 2.45) is 7.05 Å². The zero-order valence-corrected chi connectivity index (χ0v) is 13.2. The second kappa shape index (κ2) is 5.70. The van der Waals surface area contributed by atoms with E-state index < -0.39 is 29.1 Å². The lowest BCUT2D eigenvalue weighted by molar-refractivity contribution is -0.131. The number of nitrogens with zero attached hydrogens (tertiary/aromatic N) is 3. The van der Waals surface area contributed by atoms with Crippen LogP contribution in [0.1, 0.15) is 18.1 Å². The molecule has 3 amide bonds. The minimum absolute atomic E-state index is 0.0750. The number of rotatable bonds is 4. The molecule has 3 rings (SSSR count). The minimum Gasteiger partial charge on any atom is -0.319 e. The van der Waals surface area contributed by atoms with E-state index in [-0.39, 0.29) is 13.0 Å². The van der Waals surface area contributed by atoms with Crippen molar-refractivity contribution in [1.29, 1.82) is 0 Å². The van der Waals surface area contributed by atoms with E-state index in [2.05, 4.69) is 10.4 Å². The zero-order chi connectivity index (χ0) is 17.5. The second-order valence-corrected chi connectivity index (χ2v) is 5.91. The summed E-state index contributed by atoms with van der Waals surface area (Å²) >= 11 is 0. The number of aryl methyl sites for hydroxylation is 1. The topological polar surface area (TPSA) is 67.2 Å². The largest absolute Gasteiger partial charge is 0.325 e. The van der Waals surface area contributed by atoms with Crippen molar-refractivity contribution in [3.05, 3.63) is 53.4 Å². The van der Waals surface area contributed by atoms with Crippen LogP contribution in [0.25, 0.3) is 0 Å². The van der Waals surface area contributed by atoms with Crippen molar-refractivity contribution < 1.29 is 18.4 Å². The summed E-state index contributed by atoms with van der Waals surface area (Å²) in [6, 6.07) is 3.00. The molecule has 1 atom stereocenters. The van der Waals surface area contributed by atoms with Gasteiger partial charge in [0.1, 0.15) is 5.54 Å². The molecule has 6 nitrogen and oxygen atoms in total. The number of nitrogens with one attached hydrogen (secondary N) is 1. The van der Waals surface area contributed by atoms with Gasteiger partial charge in [0.25, 0.3) is 5.91 Å². The first-order valence-corrected chi connectivity index (χ1v) is 7.38. The van der Waals surface area contributed by atoms with Gasteiger partial charge in [-0.05, 0) is 31.0 Å². The highest BCUT2D eigenvalue weighted by Gasteiger charge is 2.49. The molecule has 126 valence electrons. The summed E-state index contributed by atoms with van der Waals surface area (Å²) in [6.45, 7) is 1.69. The first-order chi connectivity index (χ1) is 11.3. The monoisotopic (exact) mass is 334 g/mol. The number of carbonyl (C=O) groups excluding carboxylic acids is 2. The fourth-order valence-electron chi connectivity index (χ4n) is 2.71. The Morgan fingerprint density at radius 3 is 2.62 bits per heavy atom. The van der Waals surface area contributed by atoms with E-state index in [1.807, 2.05) is 0 Å². The Kier molecular flexibility index (Phi) is 3.82. The predicted octanol–water partition coefficient (Wildman–Crippen LogP) is 1.71. The normalized spacial score (nSPS) is 20.6. The highest BCUT2D eigenvalue weighted by molar-refractivity contribution is 6.07. The number of benzene rings is 1. The number of urea groups is 1. The summed E-state index contributed by atoms with van der Waals surface area (Å²) < 4.78 is 27.7. The van der Waals surface area contributed by atoms with Gasteiger partial charge in [-0.2, -0.15) is 5.10 Å². The van der Waals surface area contributed by atoms with E-state index >= 15 is 0 Å². The van der Waals surface area contributed by atoms with E-state index in [4.69, 9.17) is 0 Å². The van der Waals surface area contributed by atoms with Gasteiger partial charge in [0.05, 0.1) is 6.20 Å². The molecule has 1 N–H and O–H groups in total. The molecule has 2 aromatic rings. The number of carbonyl (C=O) groups is 2. The van der Waals surface area contributed by atoms with E-state index in [1.165, 1.54) is 12.3 Å². The Labute approximate surface area is 137 Å². The Morgan fingerprint density at radius 1 is 1.25 bits per heavy atom. The average Bonchev–Trinajstić information content (AvgIpc) is 3.05. The van der Waals surface area contributed by atoms with Gasteiger partial charge in [-0.25, -0.2) is 13.6 Å². The van der Waals surface area contributed by atoms with Crippen LogP contribution in [0.3, 0.4) is 0 Å². The van der Waals surface area contributed by atoms with Gasteiger partial charge in [-0.15, -0.1) is 0 Å². The summed E-state index contributed by atoms with van der Waals surface area (Å²) in [7, 11) is 1.72. The molecule has 0 bridgehead atoms. The summed E-state index contributed by atoms with van der Waals surface area (Å²) in [5, 5.41) is 6.69. The molecule has 1 aliphatic rings. The quantitative estimate of drug-likeness (QED) is 0.866. The molecule has 0 aliphatic carbocycles. The third-order valence-corrected chi connectivity index (χ3v) is 4.17. The zero-order valence-electron chi connectivity index (χ0n) is 13.2. The molecule has 1 fully saturated rings.